The van der Waals surface area contributed by atoms with E-state index >= 15 is 0 Å². The average Bonchev–Trinajstić information content (AvgIpc) is 2.93. The number of carbonyl (C=O) groups excluding carboxylic acids is 1. The first-order valence-electron chi connectivity index (χ1n) is 5.16. The lowest BCUT2D eigenvalue weighted by atomic mass is 10.0. The van der Waals surface area contributed by atoms with Crippen LogP contribution in [0.3, 0.4) is 0 Å². The molecule has 4 heteroatoms. The standard InChI is InChI=1S/C12H13FO3/c1-16-11-4-2-3-9(14)12(11)10(15)6-7-5-8(7)13/h2-4,7-8,14H,5-6H2,1H3/t7-,8-/m0/s1. The van der Waals surface area contributed by atoms with Crippen molar-refractivity contribution in [2.75, 3.05) is 7.11 Å². The van der Waals surface area contributed by atoms with E-state index in [1.54, 1.807) is 12.1 Å². The quantitative estimate of drug-likeness (QED) is 0.798. The van der Waals surface area contributed by atoms with E-state index in [-0.39, 0.29) is 29.4 Å². The Hall–Kier alpha value is -1.58. The van der Waals surface area contributed by atoms with E-state index in [2.05, 4.69) is 0 Å². The zero-order valence-electron chi connectivity index (χ0n) is 8.94. The Morgan fingerprint density at radius 2 is 2.31 bits per heavy atom. The van der Waals surface area contributed by atoms with Gasteiger partial charge < -0.3 is 9.84 Å². The normalized spacial score (nSPS) is 22.9. The number of ketones is 1. The largest absolute Gasteiger partial charge is 0.507 e. The number of methoxy groups -OCH3 is 1. The number of hydrogen-bond acceptors (Lipinski definition) is 3. The van der Waals surface area contributed by atoms with Crippen molar-refractivity contribution in [3.05, 3.63) is 23.8 Å². The number of phenolic OH excluding ortho intramolecular Hbond substituents is 1. The molecule has 1 saturated carbocycles. The maximum Gasteiger partial charge on any atom is 0.170 e. The fourth-order valence-electron chi connectivity index (χ4n) is 1.73. The van der Waals surface area contributed by atoms with Gasteiger partial charge in [0.1, 0.15) is 23.2 Å². The third-order valence-corrected chi connectivity index (χ3v) is 2.79. The summed E-state index contributed by atoms with van der Waals surface area (Å²) in [6, 6.07) is 4.63. The second kappa shape index (κ2) is 4.12. The van der Waals surface area contributed by atoms with Gasteiger partial charge in [-0.25, -0.2) is 4.39 Å². The molecule has 0 aromatic heterocycles. The van der Waals surface area contributed by atoms with Crippen LogP contribution >= 0.6 is 0 Å². The zero-order chi connectivity index (χ0) is 11.7. The highest BCUT2D eigenvalue weighted by Gasteiger charge is 2.39. The van der Waals surface area contributed by atoms with Crippen molar-refractivity contribution in [2.45, 2.75) is 19.0 Å². The van der Waals surface area contributed by atoms with Gasteiger partial charge in [-0.2, -0.15) is 0 Å². The van der Waals surface area contributed by atoms with Crippen LogP contribution in [0.15, 0.2) is 18.2 Å². The monoisotopic (exact) mass is 224 g/mol. The predicted octanol–water partition coefficient (Wildman–Crippen LogP) is 2.33. The molecule has 3 nitrogen and oxygen atoms in total. The summed E-state index contributed by atoms with van der Waals surface area (Å²) in [6.07, 6.45) is -0.280. The minimum Gasteiger partial charge on any atom is -0.507 e. The van der Waals surface area contributed by atoms with E-state index < -0.39 is 6.17 Å². The summed E-state index contributed by atoms with van der Waals surface area (Å²) in [7, 11) is 1.43. The van der Waals surface area contributed by atoms with Gasteiger partial charge in [-0.3, -0.25) is 4.79 Å². The summed E-state index contributed by atoms with van der Waals surface area (Å²) in [5, 5.41) is 9.60. The number of halogens is 1. The smallest absolute Gasteiger partial charge is 0.170 e. The highest BCUT2D eigenvalue weighted by molar-refractivity contribution is 6.01. The second-order valence-corrected chi connectivity index (χ2v) is 3.99. The Labute approximate surface area is 92.9 Å². The molecule has 86 valence electrons. The summed E-state index contributed by atoms with van der Waals surface area (Å²) in [6.45, 7) is 0. The van der Waals surface area contributed by atoms with Crippen LogP contribution in [0.2, 0.25) is 0 Å². The van der Waals surface area contributed by atoms with Crippen molar-refractivity contribution in [3.63, 3.8) is 0 Å². The number of rotatable bonds is 4. The van der Waals surface area contributed by atoms with Crippen LogP contribution in [0.4, 0.5) is 4.39 Å². The van der Waals surface area contributed by atoms with E-state index in [9.17, 15) is 14.3 Å². The molecule has 0 saturated heterocycles. The van der Waals surface area contributed by atoms with Gasteiger partial charge in [0.2, 0.25) is 0 Å². The van der Waals surface area contributed by atoms with Crippen molar-refractivity contribution in [1.29, 1.82) is 0 Å². The first-order chi connectivity index (χ1) is 7.63. The van der Waals surface area contributed by atoms with E-state index in [4.69, 9.17) is 4.74 Å². The van der Waals surface area contributed by atoms with Crippen LogP contribution in [0.1, 0.15) is 23.2 Å². The van der Waals surface area contributed by atoms with Crippen LogP contribution in [-0.4, -0.2) is 24.2 Å². The third-order valence-electron chi connectivity index (χ3n) is 2.79. The van der Waals surface area contributed by atoms with Crippen molar-refractivity contribution in [2.24, 2.45) is 5.92 Å². The number of Topliss-reactive ketones (excluding diaryl/α,β-unsaturated/α-hetero) is 1. The van der Waals surface area contributed by atoms with Crippen molar-refractivity contribution in [1.82, 2.24) is 0 Å². The molecular weight excluding hydrogens is 211 g/mol. The predicted molar refractivity (Wildman–Crippen MR) is 56.6 cm³/mol. The molecule has 1 aromatic carbocycles. The molecule has 1 fully saturated rings. The Morgan fingerprint density at radius 1 is 1.62 bits per heavy atom. The average molecular weight is 224 g/mol. The Balaban J connectivity index is 2.21. The number of benzene rings is 1. The molecule has 0 heterocycles. The first kappa shape index (κ1) is 10.9. The molecule has 2 atom stereocenters. The lowest BCUT2D eigenvalue weighted by Gasteiger charge is -2.08. The van der Waals surface area contributed by atoms with Gasteiger partial charge in [-0.15, -0.1) is 0 Å². The van der Waals surface area contributed by atoms with Gasteiger partial charge in [0, 0.05) is 12.3 Å². The molecule has 1 aliphatic carbocycles. The van der Waals surface area contributed by atoms with Gasteiger partial charge in [0.05, 0.1) is 7.11 Å². The van der Waals surface area contributed by atoms with Gasteiger partial charge in [-0.1, -0.05) is 6.07 Å². The van der Waals surface area contributed by atoms with E-state index in [1.165, 1.54) is 13.2 Å². The van der Waals surface area contributed by atoms with Crippen LogP contribution in [0.5, 0.6) is 11.5 Å². The number of alkyl halides is 1. The molecule has 0 aliphatic heterocycles. The minimum absolute atomic E-state index is 0.111. The molecule has 0 radical (unpaired) electrons. The van der Waals surface area contributed by atoms with E-state index in [0.29, 0.717) is 12.2 Å². The molecule has 0 unspecified atom stereocenters. The summed E-state index contributed by atoms with van der Waals surface area (Å²) in [4.78, 5) is 11.8. The SMILES string of the molecule is COc1cccc(O)c1C(=O)C[C@@H]1C[C@@H]1F. The number of carbonyl (C=O) groups is 1. The molecule has 2 rings (SSSR count). The van der Waals surface area contributed by atoms with Crippen molar-refractivity contribution >= 4 is 5.78 Å². The van der Waals surface area contributed by atoms with Gasteiger partial charge in [0.25, 0.3) is 0 Å². The highest BCUT2D eigenvalue weighted by atomic mass is 19.1. The molecule has 0 amide bonds. The Morgan fingerprint density at radius 3 is 2.88 bits per heavy atom. The maximum absolute atomic E-state index is 12.7. The Bertz CT molecular complexity index is 417. The molecule has 16 heavy (non-hydrogen) atoms. The Kier molecular flexibility index (Phi) is 2.81. The lowest BCUT2D eigenvalue weighted by Crippen LogP contribution is -2.04. The summed E-state index contributed by atoms with van der Waals surface area (Å²) in [5.41, 5.74) is 0.157. The fraction of sp³-hybridized carbons (Fsp3) is 0.417. The summed E-state index contributed by atoms with van der Waals surface area (Å²) >= 11 is 0. The molecule has 0 spiro atoms. The fourth-order valence-corrected chi connectivity index (χ4v) is 1.73. The number of phenols is 1. The molecular formula is C12H13FO3. The lowest BCUT2D eigenvalue weighted by molar-refractivity contribution is 0.0966. The van der Waals surface area contributed by atoms with Crippen LogP contribution in [0.25, 0.3) is 0 Å². The molecule has 0 bridgehead atoms. The third kappa shape index (κ3) is 2.01. The number of aromatic hydroxyl groups is 1. The van der Waals surface area contributed by atoms with Crippen LogP contribution in [-0.2, 0) is 0 Å². The van der Waals surface area contributed by atoms with Gasteiger partial charge >= 0.3 is 0 Å². The topological polar surface area (TPSA) is 46.5 Å². The maximum atomic E-state index is 12.7. The zero-order valence-corrected chi connectivity index (χ0v) is 8.94. The second-order valence-electron chi connectivity index (χ2n) is 3.99. The van der Waals surface area contributed by atoms with Gasteiger partial charge in [0.15, 0.2) is 5.78 Å². The van der Waals surface area contributed by atoms with E-state index in [0.717, 1.165) is 0 Å². The van der Waals surface area contributed by atoms with Crippen LogP contribution in [0, 0.1) is 5.92 Å². The molecule has 1 N–H and O–H groups in total. The van der Waals surface area contributed by atoms with Crippen molar-refractivity contribution in [3.8, 4) is 11.5 Å². The number of ether oxygens (including phenoxy) is 1. The van der Waals surface area contributed by atoms with Crippen LogP contribution < -0.4 is 4.74 Å². The molecule has 1 aromatic rings. The van der Waals surface area contributed by atoms with Crippen molar-refractivity contribution < 1.29 is 19.0 Å². The molecule has 1 aliphatic rings. The summed E-state index contributed by atoms with van der Waals surface area (Å²) in [5.74, 6) is -0.224. The minimum atomic E-state index is -0.860. The van der Waals surface area contributed by atoms with E-state index in [1.807, 2.05) is 0 Å². The highest BCUT2D eigenvalue weighted by Crippen LogP contribution is 2.39. The first-order valence-corrected chi connectivity index (χ1v) is 5.16. The number of hydrogen-bond donors (Lipinski definition) is 1. The summed E-state index contributed by atoms with van der Waals surface area (Å²) < 4.78 is 17.7. The van der Waals surface area contributed by atoms with Gasteiger partial charge in [-0.05, 0) is 18.6 Å².